The second-order valence-electron chi connectivity index (χ2n) is 4.27. The highest BCUT2D eigenvalue weighted by Crippen LogP contribution is 2.35. The lowest BCUT2D eigenvalue weighted by Crippen LogP contribution is -2.07. The molecule has 94 valence electrons. The third-order valence-corrected chi connectivity index (χ3v) is 2.67. The SMILES string of the molecule is Cc1nccc(-c2cccc(Cl)c2OC(C)C)n1. The van der Waals surface area contributed by atoms with Crippen LogP contribution in [0.25, 0.3) is 11.3 Å². The number of aryl methyl sites for hydroxylation is 1. The number of aromatic nitrogens is 2. The van der Waals surface area contributed by atoms with Crippen molar-refractivity contribution in [3.63, 3.8) is 0 Å². The van der Waals surface area contributed by atoms with Gasteiger partial charge in [0.25, 0.3) is 0 Å². The third kappa shape index (κ3) is 2.79. The van der Waals surface area contributed by atoms with Gasteiger partial charge in [0.1, 0.15) is 11.6 Å². The number of hydrogen-bond acceptors (Lipinski definition) is 3. The van der Waals surface area contributed by atoms with Gasteiger partial charge in [0.2, 0.25) is 0 Å². The molecule has 0 spiro atoms. The standard InChI is InChI=1S/C14H15ClN2O/c1-9(2)18-14-11(5-4-6-12(14)15)13-7-8-16-10(3)17-13/h4-9H,1-3H3. The number of nitrogens with zero attached hydrogens (tertiary/aromatic N) is 2. The Hall–Kier alpha value is -1.61. The van der Waals surface area contributed by atoms with E-state index >= 15 is 0 Å². The summed E-state index contributed by atoms with van der Waals surface area (Å²) in [4.78, 5) is 8.50. The molecule has 0 aliphatic carbocycles. The minimum absolute atomic E-state index is 0.0617. The Labute approximate surface area is 112 Å². The fraction of sp³-hybridized carbons (Fsp3) is 0.286. The largest absolute Gasteiger partial charge is 0.489 e. The van der Waals surface area contributed by atoms with Crippen LogP contribution < -0.4 is 4.74 Å². The van der Waals surface area contributed by atoms with Crippen LogP contribution in [0.4, 0.5) is 0 Å². The molecule has 0 radical (unpaired) electrons. The summed E-state index contributed by atoms with van der Waals surface area (Å²) < 4.78 is 5.78. The zero-order chi connectivity index (χ0) is 13.1. The molecule has 4 heteroatoms. The smallest absolute Gasteiger partial charge is 0.147 e. The molecule has 0 unspecified atom stereocenters. The number of hydrogen-bond donors (Lipinski definition) is 0. The molecule has 0 saturated heterocycles. The Balaban J connectivity index is 2.53. The van der Waals surface area contributed by atoms with Crippen molar-refractivity contribution in [2.45, 2.75) is 26.9 Å². The van der Waals surface area contributed by atoms with Gasteiger partial charge in [-0.2, -0.15) is 0 Å². The van der Waals surface area contributed by atoms with Gasteiger partial charge in [0, 0.05) is 11.8 Å². The summed E-state index contributed by atoms with van der Waals surface area (Å²) in [6, 6.07) is 7.51. The maximum Gasteiger partial charge on any atom is 0.147 e. The van der Waals surface area contributed by atoms with Crippen LogP contribution in [0.3, 0.4) is 0 Å². The lowest BCUT2D eigenvalue weighted by Gasteiger charge is -2.15. The first-order valence-electron chi connectivity index (χ1n) is 5.83. The van der Waals surface area contributed by atoms with Crippen LogP contribution in [-0.4, -0.2) is 16.1 Å². The van der Waals surface area contributed by atoms with Crippen molar-refractivity contribution < 1.29 is 4.74 Å². The van der Waals surface area contributed by atoms with Gasteiger partial charge in [0.05, 0.1) is 16.8 Å². The minimum atomic E-state index is 0.0617. The van der Waals surface area contributed by atoms with Crippen molar-refractivity contribution in [2.24, 2.45) is 0 Å². The predicted molar refractivity (Wildman–Crippen MR) is 73.0 cm³/mol. The molecule has 1 heterocycles. The highest BCUT2D eigenvalue weighted by atomic mass is 35.5. The van der Waals surface area contributed by atoms with Crippen LogP contribution in [0.1, 0.15) is 19.7 Å². The highest BCUT2D eigenvalue weighted by Gasteiger charge is 2.13. The molecule has 0 fully saturated rings. The fourth-order valence-corrected chi connectivity index (χ4v) is 1.89. The minimum Gasteiger partial charge on any atom is -0.489 e. The van der Waals surface area contributed by atoms with E-state index in [1.807, 2.05) is 45.0 Å². The van der Waals surface area contributed by atoms with Crippen molar-refractivity contribution in [1.29, 1.82) is 0 Å². The lowest BCUT2D eigenvalue weighted by molar-refractivity contribution is 0.243. The maximum absolute atomic E-state index is 6.19. The van der Waals surface area contributed by atoms with E-state index < -0.39 is 0 Å². The van der Waals surface area contributed by atoms with E-state index in [0.29, 0.717) is 10.8 Å². The zero-order valence-corrected chi connectivity index (χ0v) is 11.4. The van der Waals surface area contributed by atoms with Crippen LogP contribution in [0.2, 0.25) is 5.02 Å². The van der Waals surface area contributed by atoms with Gasteiger partial charge in [-0.3, -0.25) is 0 Å². The summed E-state index contributed by atoms with van der Waals surface area (Å²) >= 11 is 6.19. The van der Waals surface area contributed by atoms with Gasteiger partial charge in [-0.25, -0.2) is 9.97 Å². The first-order valence-corrected chi connectivity index (χ1v) is 6.21. The normalized spacial score (nSPS) is 10.7. The van der Waals surface area contributed by atoms with Crippen LogP contribution in [0.5, 0.6) is 5.75 Å². The molecule has 0 aliphatic heterocycles. The van der Waals surface area contributed by atoms with Crippen molar-refractivity contribution >= 4 is 11.6 Å². The van der Waals surface area contributed by atoms with E-state index in [0.717, 1.165) is 17.1 Å². The second-order valence-corrected chi connectivity index (χ2v) is 4.68. The Morgan fingerprint density at radius 2 is 2.00 bits per heavy atom. The zero-order valence-electron chi connectivity index (χ0n) is 10.6. The van der Waals surface area contributed by atoms with E-state index in [-0.39, 0.29) is 6.10 Å². The topological polar surface area (TPSA) is 35.0 Å². The summed E-state index contributed by atoms with van der Waals surface area (Å²) in [6.45, 7) is 5.80. The number of para-hydroxylation sites is 1. The first kappa shape index (κ1) is 12.8. The van der Waals surface area contributed by atoms with Crippen LogP contribution in [-0.2, 0) is 0 Å². The number of halogens is 1. The van der Waals surface area contributed by atoms with Crippen LogP contribution in [0, 0.1) is 6.92 Å². The van der Waals surface area contributed by atoms with Crippen molar-refractivity contribution in [3.05, 3.63) is 41.3 Å². The van der Waals surface area contributed by atoms with Gasteiger partial charge in [-0.1, -0.05) is 17.7 Å². The predicted octanol–water partition coefficient (Wildman–Crippen LogP) is 3.89. The van der Waals surface area contributed by atoms with Gasteiger partial charge in [-0.05, 0) is 39.0 Å². The quantitative estimate of drug-likeness (QED) is 0.842. The molecule has 0 aliphatic rings. The van der Waals surface area contributed by atoms with Gasteiger partial charge < -0.3 is 4.74 Å². The molecule has 0 amide bonds. The van der Waals surface area contributed by atoms with Gasteiger partial charge in [0.15, 0.2) is 0 Å². The lowest BCUT2D eigenvalue weighted by atomic mass is 10.1. The Morgan fingerprint density at radius 1 is 1.22 bits per heavy atom. The van der Waals surface area contributed by atoms with Crippen molar-refractivity contribution in [1.82, 2.24) is 9.97 Å². The summed E-state index contributed by atoms with van der Waals surface area (Å²) in [7, 11) is 0. The third-order valence-electron chi connectivity index (χ3n) is 2.37. The average molecular weight is 263 g/mol. The molecule has 0 bridgehead atoms. The van der Waals surface area contributed by atoms with E-state index in [9.17, 15) is 0 Å². The average Bonchev–Trinajstić information content (AvgIpc) is 2.31. The second kappa shape index (κ2) is 5.36. The van der Waals surface area contributed by atoms with Crippen molar-refractivity contribution in [2.75, 3.05) is 0 Å². The molecule has 0 saturated carbocycles. The van der Waals surface area contributed by atoms with Crippen LogP contribution >= 0.6 is 11.6 Å². The van der Waals surface area contributed by atoms with Crippen molar-refractivity contribution in [3.8, 4) is 17.0 Å². The Bertz CT molecular complexity index is 555. The number of benzene rings is 1. The van der Waals surface area contributed by atoms with E-state index in [1.54, 1.807) is 6.20 Å². The monoisotopic (exact) mass is 262 g/mol. The van der Waals surface area contributed by atoms with E-state index in [4.69, 9.17) is 16.3 Å². The number of ether oxygens (including phenoxy) is 1. The van der Waals surface area contributed by atoms with E-state index in [2.05, 4.69) is 9.97 Å². The summed E-state index contributed by atoms with van der Waals surface area (Å²) in [5, 5.41) is 0.595. The molecule has 3 nitrogen and oxygen atoms in total. The molecular weight excluding hydrogens is 248 g/mol. The molecule has 1 aromatic heterocycles. The first-order chi connectivity index (χ1) is 8.58. The molecule has 0 atom stereocenters. The molecule has 2 aromatic rings. The molecule has 0 N–H and O–H groups in total. The molecule has 18 heavy (non-hydrogen) atoms. The fourth-order valence-electron chi connectivity index (χ4n) is 1.67. The summed E-state index contributed by atoms with van der Waals surface area (Å²) in [6.07, 6.45) is 1.80. The Kier molecular flexibility index (Phi) is 3.82. The summed E-state index contributed by atoms with van der Waals surface area (Å²) in [5.41, 5.74) is 1.71. The Morgan fingerprint density at radius 3 is 2.67 bits per heavy atom. The highest BCUT2D eigenvalue weighted by molar-refractivity contribution is 6.32. The molecule has 1 aromatic carbocycles. The molecule has 2 rings (SSSR count). The van der Waals surface area contributed by atoms with Crippen LogP contribution in [0.15, 0.2) is 30.5 Å². The summed E-state index contributed by atoms with van der Waals surface area (Å²) in [5.74, 6) is 1.40. The van der Waals surface area contributed by atoms with E-state index in [1.165, 1.54) is 0 Å². The van der Waals surface area contributed by atoms with Gasteiger partial charge in [-0.15, -0.1) is 0 Å². The molecular formula is C14H15ClN2O. The maximum atomic E-state index is 6.19. The number of rotatable bonds is 3. The van der Waals surface area contributed by atoms with Gasteiger partial charge >= 0.3 is 0 Å².